The largest absolute Gasteiger partial charge is 0.324 e. The number of nitrogens with zero attached hydrogens (tertiary/aromatic N) is 2. The van der Waals surface area contributed by atoms with E-state index >= 15 is 0 Å². The van der Waals surface area contributed by atoms with E-state index in [1.54, 1.807) is 54.9 Å². The van der Waals surface area contributed by atoms with Crippen molar-refractivity contribution in [2.75, 3.05) is 10.6 Å². The zero-order valence-corrected chi connectivity index (χ0v) is 15.6. The number of hydrogen-bond acceptors (Lipinski definition) is 4. The van der Waals surface area contributed by atoms with Crippen molar-refractivity contribution in [1.82, 2.24) is 9.97 Å². The van der Waals surface area contributed by atoms with Gasteiger partial charge in [0.25, 0.3) is 5.91 Å². The second-order valence-electron chi connectivity index (χ2n) is 6.48. The fourth-order valence-electron chi connectivity index (χ4n) is 2.85. The molecule has 4 aromatic rings. The second-order valence-corrected chi connectivity index (χ2v) is 6.48. The number of amides is 1. The minimum atomic E-state index is -0.429. The van der Waals surface area contributed by atoms with Crippen LogP contribution in [0.2, 0.25) is 0 Å². The average Bonchev–Trinajstić information content (AvgIpc) is 2.74. The van der Waals surface area contributed by atoms with E-state index in [4.69, 9.17) is 0 Å². The summed E-state index contributed by atoms with van der Waals surface area (Å²) in [5, 5.41) is 5.68. The summed E-state index contributed by atoms with van der Waals surface area (Å²) in [7, 11) is 0. The van der Waals surface area contributed by atoms with Crippen LogP contribution in [0.4, 0.5) is 26.1 Å². The highest BCUT2D eigenvalue weighted by molar-refractivity contribution is 6.04. The van der Waals surface area contributed by atoms with Crippen LogP contribution >= 0.6 is 0 Å². The third-order valence-corrected chi connectivity index (χ3v) is 4.27. The Morgan fingerprint density at radius 3 is 2.13 bits per heavy atom. The van der Waals surface area contributed by atoms with E-state index in [0.29, 0.717) is 34.0 Å². The molecule has 0 spiro atoms. The lowest BCUT2D eigenvalue weighted by atomic mass is 10.1. The van der Waals surface area contributed by atoms with Gasteiger partial charge in [-0.3, -0.25) is 4.79 Å². The molecule has 0 unspecified atom stereocenters. The minimum Gasteiger partial charge on any atom is -0.324 e. The lowest BCUT2D eigenvalue weighted by Crippen LogP contribution is -2.12. The molecule has 30 heavy (non-hydrogen) atoms. The standard InChI is InChI=1S/C23H16F2N4O/c24-18-6-1-4-15(10-18)17-13-26-23(27-14-17)29-20-8-2-5-16(11-20)22(30)28-21-9-3-7-19(25)12-21/h1-14H,(H,28,30)(H,26,27,29). The first-order chi connectivity index (χ1) is 14.6. The van der Waals surface area contributed by atoms with Crippen molar-refractivity contribution < 1.29 is 13.6 Å². The summed E-state index contributed by atoms with van der Waals surface area (Å²) in [5.41, 5.74) is 2.73. The molecule has 0 saturated carbocycles. The summed E-state index contributed by atoms with van der Waals surface area (Å²) in [4.78, 5) is 20.9. The summed E-state index contributed by atoms with van der Waals surface area (Å²) in [6, 6.07) is 18.6. The van der Waals surface area contributed by atoms with Gasteiger partial charge in [-0.1, -0.05) is 24.3 Å². The third kappa shape index (κ3) is 4.64. The van der Waals surface area contributed by atoms with Gasteiger partial charge in [-0.15, -0.1) is 0 Å². The number of anilines is 3. The van der Waals surface area contributed by atoms with Crippen molar-refractivity contribution >= 4 is 23.2 Å². The van der Waals surface area contributed by atoms with E-state index in [-0.39, 0.29) is 11.7 Å². The molecule has 1 amide bonds. The monoisotopic (exact) mass is 402 g/mol. The lowest BCUT2D eigenvalue weighted by Gasteiger charge is -2.09. The third-order valence-electron chi connectivity index (χ3n) is 4.27. The quantitative estimate of drug-likeness (QED) is 0.468. The molecular weight excluding hydrogens is 386 g/mol. The van der Waals surface area contributed by atoms with Crippen LogP contribution in [0.25, 0.3) is 11.1 Å². The van der Waals surface area contributed by atoms with Gasteiger partial charge in [0.1, 0.15) is 11.6 Å². The molecule has 0 atom stereocenters. The summed E-state index contributed by atoms with van der Waals surface area (Å²) < 4.78 is 26.7. The van der Waals surface area contributed by atoms with Crippen LogP contribution in [-0.4, -0.2) is 15.9 Å². The summed E-state index contributed by atoms with van der Waals surface area (Å²) in [6.45, 7) is 0. The van der Waals surface area contributed by atoms with Crippen molar-refractivity contribution in [1.29, 1.82) is 0 Å². The van der Waals surface area contributed by atoms with Crippen molar-refractivity contribution in [3.05, 3.63) is 102 Å². The van der Waals surface area contributed by atoms with Gasteiger partial charge in [0, 0.05) is 34.9 Å². The number of rotatable bonds is 5. The van der Waals surface area contributed by atoms with E-state index in [1.807, 2.05) is 0 Å². The molecule has 1 aromatic heterocycles. The summed E-state index contributed by atoms with van der Waals surface area (Å²) >= 11 is 0. The van der Waals surface area contributed by atoms with E-state index in [1.165, 1.54) is 30.3 Å². The predicted molar refractivity (Wildman–Crippen MR) is 112 cm³/mol. The van der Waals surface area contributed by atoms with Crippen LogP contribution < -0.4 is 10.6 Å². The molecule has 0 aliphatic carbocycles. The number of benzene rings is 3. The maximum atomic E-state index is 13.4. The predicted octanol–water partition coefficient (Wildman–Crippen LogP) is 5.42. The summed E-state index contributed by atoms with van der Waals surface area (Å²) in [5.74, 6) is -0.797. The topological polar surface area (TPSA) is 66.9 Å². The maximum Gasteiger partial charge on any atom is 0.255 e. The van der Waals surface area contributed by atoms with Gasteiger partial charge in [-0.05, 0) is 54.1 Å². The van der Waals surface area contributed by atoms with Gasteiger partial charge in [-0.2, -0.15) is 0 Å². The number of halogens is 2. The molecule has 148 valence electrons. The van der Waals surface area contributed by atoms with Gasteiger partial charge in [0.15, 0.2) is 0 Å². The first-order valence-electron chi connectivity index (χ1n) is 9.09. The fraction of sp³-hybridized carbons (Fsp3) is 0. The van der Waals surface area contributed by atoms with Gasteiger partial charge in [-0.25, -0.2) is 18.7 Å². The Bertz CT molecular complexity index is 1200. The molecule has 0 fully saturated rings. The molecule has 4 rings (SSSR count). The van der Waals surface area contributed by atoms with Crippen LogP contribution in [0.5, 0.6) is 0 Å². The van der Waals surface area contributed by atoms with Crippen LogP contribution in [0.3, 0.4) is 0 Å². The highest BCUT2D eigenvalue weighted by Crippen LogP contribution is 2.21. The Labute approximate surface area is 171 Å². The van der Waals surface area contributed by atoms with Crippen LogP contribution in [0.15, 0.2) is 85.2 Å². The second kappa shape index (κ2) is 8.48. The molecule has 1 heterocycles. The van der Waals surface area contributed by atoms with Gasteiger partial charge in [0.2, 0.25) is 5.95 Å². The van der Waals surface area contributed by atoms with Gasteiger partial charge >= 0.3 is 0 Å². The van der Waals surface area contributed by atoms with Crippen molar-refractivity contribution in [3.63, 3.8) is 0 Å². The molecular formula is C23H16F2N4O. The Morgan fingerprint density at radius 2 is 1.40 bits per heavy atom. The van der Waals surface area contributed by atoms with E-state index in [2.05, 4.69) is 20.6 Å². The van der Waals surface area contributed by atoms with Crippen LogP contribution in [0.1, 0.15) is 10.4 Å². The Hall–Kier alpha value is -4.13. The zero-order valence-electron chi connectivity index (χ0n) is 15.6. The minimum absolute atomic E-state index is 0.331. The SMILES string of the molecule is O=C(Nc1cccc(F)c1)c1cccc(Nc2ncc(-c3cccc(F)c3)cn2)c1. The van der Waals surface area contributed by atoms with E-state index < -0.39 is 5.82 Å². The average molecular weight is 402 g/mol. The van der Waals surface area contributed by atoms with Crippen molar-refractivity contribution in [2.24, 2.45) is 0 Å². The van der Waals surface area contributed by atoms with Crippen molar-refractivity contribution in [3.8, 4) is 11.1 Å². The maximum absolute atomic E-state index is 13.4. The van der Waals surface area contributed by atoms with Gasteiger partial charge < -0.3 is 10.6 Å². The van der Waals surface area contributed by atoms with E-state index in [9.17, 15) is 13.6 Å². The molecule has 0 aliphatic rings. The highest BCUT2D eigenvalue weighted by atomic mass is 19.1. The van der Waals surface area contributed by atoms with E-state index in [0.717, 1.165) is 0 Å². The normalized spacial score (nSPS) is 10.5. The first kappa shape index (κ1) is 19.2. The number of hydrogen-bond donors (Lipinski definition) is 2. The Balaban J connectivity index is 1.47. The lowest BCUT2D eigenvalue weighted by molar-refractivity contribution is 0.102. The molecule has 2 N–H and O–H groups in total. The summed E-state index contributed by atoms with van der Waals surface area (Å²) in [6.07, 6.45) is 3.18. The zero-order chi connectivity index (χ0) is 20.9. The fourth-order valence-corrected chi connectivity index (χ4v) is 2.85. The molecule has 0 bridgehead atoms. The van der Waals surface area contributed by atoms with Crippen LogP contribution in [-0.2, 0) is 0 Å². The molecule has 0 aliphatic heterocycles. The molecule has 7 heteroatoms. The molecule has 0 radical (unpaired) electrons. The first-order valence-corrected chi connectivity index (χ1v) is 9.09. The molecule has 3 aromatic carbocycles. The number of aromatic nitrogens is 2. The van der Waals surface area contributed by atoms with Crippen molar-refractivity contribution in [2.45, 2.75) is 0 Å². The smallest absolute Gasteiger partial charge is 0.255 e. The number of carbonyl (C=O) groups excluding carboxylic acids is 1. The van der Waals surface area contributed by atoms with Crippen LogP contribution in [0, 0.1) is 11.6 Å². The Morgan fingerprint density at radius 1 is 0.733 bits per heavy atom. The number of carbonyl (C=O) groups is 1. The highest BCUT2D eigenvalue weighted by Gasteiger charge is 2.08. The Kier molecular flexibility index (Phi) is 5.43. The van der Waals surface area contributed by atoms with Gasteiger partial charge in [0.05, 0.1) is 0 Å². The molecule has 0 saturated heterocycles. The molecule has 5 nitrogen and oxygen atoms in total. The number of nitrogens with one attached hydrogen (secondary N) is 2.